The number of Topliss-reactive ketones (excluding diaryl/α,β-unsaturated/α-hetero) is 1. The Hall–Kier alpha value is -0.950. The maximum absolute atomic E-state index is 12.7. The molecule has 0 radical (unpaired) electrons. The number of piperidine rings is 1. The summed E-state index contributed by atoms with van der Waals surface area (Å²) in [5, 5.41) is 0. The molecule has 0 amide bonds. The Balaban J connectivity index is 0.00000242. The van der Waals surface area contributed by atoms with E-state index in [9.17, 15) is 13.2 Å². The molecule has 0 aromatic heterocycles. The van der Waals surface area contributed by atoms with Crippen molar-refractivity contribution >= 4 is 28.2 Å². The van der Waals surface area contributed by atoms with Gasteiger partial charge < -0.3 is 4.90 Å². The van der Waals surface area contributed by atoms with Gasteiger partial charge in [-0.25, -0.2) is 8.42 Å². The van der Waals surface area contributed by atoms with Gasteiger partial charge in [0.2, 0.25) is 10.0 Å². The summed E-state index contributed by atoms with van der Waals surface area (Å²) < 4.78 is 26.8. The Bertz CT molecular complexity index is 625. The predicted molar refractivity (Wildman–Crippen MR) is 89.2 cm³/mol. The summed E-state index contributed by atoms with van der Waals surface area (Å²) in [6.07, 6.45) is 1.66. The van der Waals surface area contributed by atoms with Gasteiger partial charge in [0.15, 0.2) is 5.78 Å². The largest absolute Gasteiger partial charge is 0.306 e. The van der Waals surface area contributed by atoms with E-state index in [0.717, 1.165) is 25.9 Å². The zero-order valence-corrected chi connectivity index (χ0v) is 14.8. The normalized spacial score (nSPS) is 17.3. The molecule has 0 unspecified atom stereocenters. The van der Waals surface area contributed by atoms with E-state index in [1.165, 1.54) is 17.3 Å². The standard InChI is InChI=1S/C15H22N2O3S.ClH/c1-12(18)13-5-4-6-15(11-13)21(19,20)17(3)14-7-9-16(2)10-8-14;/h4-6,11,14H,7-10H2,1-3H3;1H. The fourth-order valence-corrected chi connectivity index (χ4v) is 4.06. The number of ketones is 1. The molecule has 2 rings (SSSR count). The number of benzene rings is 1. The van der Waals surface area contributed by atoms with E-state index in [0.29, 0.717) is 5.56 Å². The zero-order valence-electron chi connectivity index (χ0n) is 13.2. The van der Waals surface area contributed by atoms with Crippen LogP contribution in [0, 0.1) is 0 Å². The topological polar surface area (TPSA) is 57.7 Å². The molecule has 1 aliphatic heterocycles. The first kappa shape index (κ1) is 19.1. The molecule has 1 fully saturated rings. The van der Waals surface area contributed by atoms with Crippen molar-refractivity contribution in [1.29, 1.82) is 0 Å². The first-order valence-electron chi connectivity index (χ1n) is 7.10. The van der Waals surface area contributed by atoms with Crippen LogP contribution in [-0.4, -0.2) is 56.6 Å². The van der Waals surface area contributed by atoms with Crippen LogP contribution in [0.4, 0.5) is 0 Å². The maximum Gasteiger partial charge on any atom is 0.243 e. The van der Waals surface area contributed by atoms with E-state index in [2.05, 4.69) is 4.90 Å². The summed E-state index contributed by atoms with van der Waals surface area (Å²) in [6.45, 7) is 3.24. The number of nitrogens with zero attached hydrogens (tertiary/aromatic N) is 2. The molecule has 0 saturated carbocycles. The first-order chi connectivity index (χ1) is 9.82. The molecule has 1 aliphatic rings. The summed E-state index contributed by atoms with van der Waals surface area (Å²) in [5.41, 5.74) is 0.424. The lowest BCUT2D eigenvalue weighted by Gasteiger charge is -2.34. The number of halogens is 1. The molecule has 7 heteroatoms. The van der Waals surface area contributed by atoms with E-state index in [4.69, 9.17) is 0 Å². The summed E-state index contributed by atoms with van der Waals surface area (Å²) in [5.74, 6) is -0.131. The van der Waals surface area contributed by atoms with Crippen molar-refractivity contribution in [2.75, 3.05) is 27.2 Å². The van der Waals surface area contributed by atoms with E-state index in [1.54, 1.807) is 25.2 Å². The molecular formula is C15H23ClN2O3S. The van der Waals surface area contributed by atoms with Crippen LogP contribution in [0.25, 0.3) is 0 Å². The quantitative estimate of drug-likeness (QED) is 0.783. The highest BCUT2D eigenvalue weighted by molar-refractivity contribution is 7.89. The lowest BCUT2D eigenvalue weighted by molar-refractivity contribution is 0.101. The highest BCUT2D eigenvalue weighted by Gasteiger charge is 2.30. The Labute approximate surface area is 138 Å². The molecule has 1 aromatic carbocycles. The summed E-state index contributed by atoms with van der Waals surface area (Å²) in [7, 11) is 0.124. The van der Waals surface area contributed by atoms with Gasteiger partial charge in [-0.05, 0) is 52.0 Å². The zero-order chi connectivity index (χ0) is 15.6. The number of likely N-dealkylation sites (tertiary alicyclic amines) is 1. The number of hydrogen-bond donors (Lipinski definition) is 0. The molecule has 5 nitrogen and oxygen atoms in total. The molecule has 0 atom stereocenters. The van der Waals surface area contributed by atoms with Gasteiger partial charge in [0.25, 0.3) is 0 Å². The fourth-order valence-electron chi connectivity index (χ4n) is 2.60. The smallest absolute Gasteiger partial charge is 0.243 e. The number of sulfonamides is 1. The number of rotatable bonds is 4. The van der Waals surface area contributed by atoms with Gasteiger partial charge >= 0.3 is 0 Å². The minimum Gasteiger partial charge on any atom is -0.306 e. The minimum atomic E-state index is -3.55. The number of carbonyl (C=O) groups is 1. The van der Waals surface area contributed by atoms with Crippen LogP contribution in [0.15, 0.2) is 29.2 Å². The average molecular weight is 347 g/mol. The molecule has 1 aromatic rings. The Morgan fingerprint density at radius 3 is 2.41 bits per heavy atom. The molecule has 1 saturated heterocycles. The monoisotopic (exact) mass is 346 g/mol. The third kappa shape index (κ3) is 4.07. The Morgan fingerprint density at radius 2 is 1.86 bits per heavy atom. The van der Waals surface area contributed by atoms with Crippen molar-refractivity contribution < 1.29 is 13.2 Å². The van der Waals surface area contributed by atoms with Crippen molar-refractivity contribution in [2.24, 2.45) is 0 Å². The van der Waals surface area contributed by atoms with Gasteiger partial charge in [0.1, 0.15) is 0 Å². The van der Waals surface area contributed by atoms with E-state index >= 15 is 0 Å². The van der Waals surface area contributed by atoms with Gasteiger partial charge in [0, 0.05) is 18.7 Å². The highest BCUT2D eigenvalue weighted by Crippen LogP contribution is 2.23. The van der Waals surface area contributed by atoms with Crippen LogP contribution < -0.4 is 0 Å². The van der Waals surface area contributed by atoms with Gasteiger partial charge in [0.05, 0.1) is 4.90 Å². The fraction of sp³-hybridized carbons (Fsp3) is 0.533. The van der Waals surface area contributed by atoms with Crippen molar-refractivity contribution in [2.45, 2.75) is 30.7 Å². The van der Waals surface area contributed by atoms with Gasteiger partial charge in [-0.3, -0.25) is 4.79 Å². The minimum absolute atomic E-state index is 0. The molecule has 0 N–H and O–H groups in total. The van der Waals surface area contributed by atoms with Gasteiger partial charge in [-0.2, -0.15) is 4.31 Å². The van der Waals surface area contributed by atoms with Crippen LogP contribution in [0.5, 0.6) is 0 Å². The van der Waals surface area contributed by atoms with Crippen molar-refractivity contribution in [1.82, 2.24) is 9.21 Å². The second-order valence-corrected chi connectivity index (χ2v) is 7.64. The third-order valence-corrected chi connectivity index (χ3v) is 6.03. The van der Waals surface area contributed by atoms with Crippen LogP contribution in [-0.2, 0) is 10.0 Å². The third-order valence-electron chi connectivity index (χ3n) is 4.12. The second kappa shape index (κ2) is 7.55. The van der Waals surface area contributed by atoms with Crippen LogP contribution >= 0.6 is 12.4 Å². The molecule has 0 spiro atoms. The summed E-state index contributed by atoms with van der Waals surface area (Å²) in [6, 6.07) is 6.28. The first-order valence-corrected chi connectivity index (χ1v) is 8.54. The SMILES string of the molecule is CC(=O)c1cccc(S(=O)(=O)N(C)C2CCN(C)CC2)c1.Cl. The number of carbonyl (C=O) groups excluding carboxylic acids is 1. The van der Waals surface area contributed by atoms with Crippen molar-refractivity contribution in [3.8, 4) is 0 Å². The van der Waals surface area contributed by atoms with Crippen LogP contribution in [0.3, 0.4) is 0 Å². The van der Waals surface area contributed by atoms with Crippen molar-refractivity contribution in [3.63, 3.8) is 0 Å². The number of hydrogen-bond acceptors (Lipinski definition) is 4. The van der Waals surface area contributed by atoms with Crippen molar-refractivity contribution in [3.05, 3.63) is 29.8 Å². The molecule has 0 bridgehead atoms. The molecule has 0 aliphatic carbocycles. The average Bonchev–Trinajstić information content (AvgIpc) is 2.47. The predicted octanol–water partition coefficient (Wildman–Crippen LogP) is 2.03. The highest BCUT2D eigenvalue weighted by atomic mass is 35.5. The molecular weight excluding hydrogens is 324 g/mol. The summed E-state index contributed by atoms with van der Waals surface area (Å²) in [4.78, 5) is 13.8. The van der Waals surface area contributed by atoms with E-state index in [-0.39, 0.29) is 29.1 Å². The molecule has 1 heterocycles. The maximum atomic E-state index is 12.7. The van der Waals surface area contributed by atoms with E-state index in [1.807, 2.05) is 7.05 Å². The second-order valence-electron chi connectivity index (χ2n) is 5.64. The lowest BCUT2D eigenvalue weighted by atomic mass is 10.1. The Kier molecular flexibility index (Phi) is 6.55. The van der Waals surface area contributed by atoms with Crippen LogP contribution in [0.2, 0.25) is 0 Å². The Morgan fingerprint density at radius 1 is 1.27 bits per heavy atom. The molecule has 124 valence electrons. The van der Waals surface area contributed by atoms with Crippen LogP contribution in [0.1, 0.15) is 30.1 Å². The van der Waals surface area contributed by atoms with Gasteiger partial charge in [-0.15, -0.1) is 12.4 Å². The van der Waals surface area contributed by atoms with E-state index < -0.39 is 10.0 Å². The van der Waals surface area contributed by atoms with Gasteiger partial charge in [-0.1, -0.05) is 12.1 Å². The lowest BCUT2D eigenvalue weighted by Crippen LogP contribution is -2.44. The molecule has 22 heavy (non-hydrogen) atoms. The summed E-state index contributed by atoms with van der Waals surface area (Å²) >= 11 is 0.